The molecule has 1 atom stereocenters. The lowest BCUT2D eigenvalue weighted by Gasteiger charge is -2.11. The topological polar surface area (TPSA) is 29.1 Å². The number of carbonyl (C=O) groups is 1. The quantitative estimate of drug-likeness (QED) is 0.723. The summed E-state index contributed by atoms with van der Waals surface area (Å²) in [7, 11) is 0. The van der Waals surface area contributed by atoms with Gasteiger partial charge in [-0.3, -0.25) is 4.79 Å². The van der Waals surface area contributed by atoms with Crippen molar-refractivity contribution in [3.05, 3.63) is 0 Å². The Balaban J connectivity index is 3.52. The number of nitrogens with one attached hydrogen (secondary N) is 1. The molecule has 0 aliphatic heterocycles. The van der Waals surface area contributed by atoms with Gasteiger partial charge in [0.1, 0.15) is 0 Å². The average molecular weight is 222 g/mol. The largest absolute Gasteiger partial charge is 0.353 e. The zero-order chi connectivity index (χ0) is 8.85. The van der Waals surface area contributed by atoms with Crippen molar-refractivity contribution in [2.75, 3.05) is 5.33 Å². The Morgan fingerprint density at radius 3 is 2.36 bits per heavy atom. The molecule has 0 aliphatic rings. The van der Waals surface area contributed by atoms with E-state index in [-0.39, 0.29) is 11.9 Å². The molecule has 0 aromatic rings. The maximum atomic E-state index is 11.1. The first-order valence-corrected chi connectivity index (χ1v) is 5.03. The van der Waals surface area contributed by atoms with Gasteiger partial charge in [0, 0.05) is 17.8 Å². The van der Waals surface area contributed by atoms with Gasteiger partial charge in [-0.2, -0.15) is 0 Å². The highest BCUT2D eigenvalue weighted by molar-refractivity contribution is 9.09. The summed E-state index contributed by atoms with van der Waals surface area (Å²) in [6.45, 7) is 6.06. The number of hydrogen-bond donors (Lipinski definition) is 1. The smallest absolute Gasteiger partial charge is 0.220 e. The molecule has 0 saturated heterocycles. The predicted octanol–water partition coefficient (Wildman–Crippen LogP) is 1.93. The van der Waals surface area contributed by atoms with E-state index in [4.69, 9.17) is 0 Å². The Morgan fingerprint density at radius 1 is 1.45 bits per heavy atom. The number of alkyl halides is 1. The second kappa shape index (κ2) is 5.58. The van der Waals surface area contributed by atoms with Crippen LogP contribution in [0.4, 0.5) is 0 Å². The molecule has 0 saturated carbocycles. The number of rotatable bonds is 4. The third-order valence-corrected chi connectivity index (χ3v) is 2.20. The first-order valence-electron chi connectivity index (χ1n) is 3.91. The van der Waals surface area contributed by atoms with Crippen molar-refractivity contribution < 1.29 is 4.79 Å². The maximum Gasteiger partial charge on any atom is 0.220 e. The summed E-state index contributed by atoms with van der Waals surface area (Å²) in [6.07, 6.45) is 0.622. The van der Waals surface area contributed by atoms with E-state index in [1.54, 1.807) is 0 Å². The van der Waals surface area contributed by atoms with Crippen molar-refractivity contribution >= 4 is 21.8 Å². The molecule has 11 heavy (non-hydrogen) atoms. The Kier molecular flexibility index (Phi) is 5.56. The van der Waals surface area contributed by atoms with Gasteiger partial charge in [-0.1, -0.05) is 29.8 Å². The normalized spacial score (nSPS) is 13.2. The van der Waals surface area contributed by atoms with E-state index >= 15 is 0 Å². The van der Waals surface area contributed by atoms with Gasteiger partial charge in [0.15, 0.2) is 0 Å². The minimum absolute atomic E-state index is 0.145. The van der Waals surface area contributed by atoms with Gasteiger partial charge >= 0.3 is 0 Å². The summed E-state index contributed by atoms with van der Waals surface area (Å²) in [6, 6.07) is 0.237. The lowest BCUT2D eigenvalue weighted by atomic mass is 10.1. The molecule has 0 spiro atoms. The van der Waals surface area contributed by atoms with Crippen LogP contribution in [0.2, 0.25) is 0 Å². The van der Waals surface area contributed by atoms with Crippen LogP contribution in [0.25, 0.3) is 0 Å². The summed E-state index contributed by atoms with van der Waals surface area (Å²) in [5.74, 6) is 0.587. The molecule has 2 nitrogen and oxygen atoms in total. The van der Waals surface area contributed by atoms with Crippen LogP contribution in [-0.4, -0.2) is 17.3 Å². The minimum Gasteiger partial charge on any atom is -0.353 e. The molecule has 0 aromatic heterocycles. The van der Waals surface area contributed by atoms with E-state index in [1.165, 1.54) is 0 Å². The summed E-state index contributed by atoms with van der Waals surface area (Å²) in [5.41, 5.74) is 0. The SMILES string of the molecule is CC(C)CC(=O)NC(C)CBr. The zero-order valence-corrected chi connectivity index (χ0v) is 8.94. The molecule has 0 radical (unpaired) electrons. The lowest BCUT2D eigenvalue weighted by molar-refractivity contribution is -0.122. The standard InChI is InChI=1S/C8H16BrNO/c1-6(2)4-8(11)10-7(3)5-9/h6-7H,4-5H2,1-3H3,(H,10,11). The second-order valence-corrected chi connectivity index (χ2v) is 3.87. The number of amides is 1. The fraction of sp³-hybridized carbons (Fsp3) is 0.875. The highest BCUT2D eigenvalue weighted by Crippen LogP contribution is 1.99. The fourth-order valence-electron chi connectivity index (χ4n) is 0.743. The lowest BCUT2D eigenvalue weighted by Crippen LogP contribution is -2.34. The van der Waals surface area contributed by atoms with Gasteiger partial charge in [-0.05, 0) is 12.8 Å². The molecule has 3 heteroatoms. The maximum absolute atomic E-state index is 11.1. The van der Waals surface area contributed by atoms with E-state index in [1.807, 2.05) is 20.8 Å². The minimum atomic E-state index is 0.145. The average Bonchev–Trinajstić information content (AvgIpc) is 1.85. The first kappa shape index (κ1) is 11.0. The monoisotopic (exact) mass is 221 g/mol. The number of hydrogen-bond acceptors (Lipinski definition) is 1. The molecule has 1 N–H and O–H groups in total. The molecule has 0 aromatic carbocycles. The third-order valence-electron chi connectivity index (χ3n) is 1.23. The number of carbonyl (C=O) groups excluding carboxylic acids is 1. The molecule has 0 rings (SSSR count). The summed E-state index contributed by atoms with van der Waals surface area (Å²) >= 11 is 3.29. The summed E-state index contributed by atoms with van der Waals surface area (Å²) in [5, 5.41) is 3.69. The van der Waals surface area contributed by atoms with Gasteiger partial charge in [0.25, 0.3) is 0 Å². The van der Waals surface area contributed by atoms with E-state index < -0.39 is 0 Å². The molecule has 0 heterocycles. The molecular formula is C8H16BrNO. The molecule has 0 aliphatic carbocycles. The highest BCUT2D eigenvalue weighted by Gasteiger charge is 2.06. The molecule has 66 valence electrons. The van der Waals surface area contributed by atoms with Crippen LogP contribution in [0.5, 0.6) is 0 Å². The van der Waals surface area contributed by atoms with Gasteiger partial charge < -0.3 is 5.32 Å². The van der Waals surface area contributed by atoms with Crippen molar-refractivity contribution in [3.8, 4) is 0 Å². The Morgan fingerprint density at radius 2 is 2.00 bits per heavy atom. The van der Waals surface area contributed by atoms with E-state index in [9.17, 15) is 4.79 Å². The van der Waals surface area contributed by atoms with Crippen LogP contribution in [0.1, 0.15) is 27.2 Å². The van der Waals surface area contributed by atoms with Crippen molar-refractivity contribution in [2.24, 2.45) is 5.92 Å². The van der Waals surface area contributed by atoms with Crippen molar-refractivity contribution in [2.45, 2.75) is 33.2 Å². The van der Waals surface area contributed by atoms with Crippen molar-refractivity contribution in [1.29, 1.82) is 0 Å². The van der Waals surface area contributed by atoms with E-state index in [2.05, 4.69) is 21.2 Å². The van der Waals surface area contributed by atoms with Crippen LogP contribution in [0.3, 0.4) is 0 Å². The van der Waals surface area contributed by atoms with E-state index in [0.717, 1.165) is 5.33 Å². The van der Waals surface area contributed by atoms with Gasteiger partial charge in [0.2, 0.25) is 5.91 Å². The van der Waals surface area contributed by atoms with Gasteiger partial charge in [-0.25, -0.2) is 0 Å². The second-order valence-electron chi connectivity index (χ2n) is 3.22. The zero-order valence-electron chi connectivity index (χ0n) is 7.36. The Hall–Kier alpha value is -0.0500. The third kappa shape index (κ3) is 6.35. The summed E-state index contributed by atoms with van der Waals surface area (Å²) in [4.78, 5) is 11.1. The molecule has 0 bridgehead atoms. The van der Waals surface area contributed by atoms with E-state index in [0.29, 0.717) is 12.3 Å². The Labute approximate surface area is 76.9 Å². The molecule has 0 fully saturated rings. The van der Waals surface area contributed by atoms with Crippen molar-refractivity contribution in [3.63, 3.8) is 0 Å². The van der Waals surface area contributed by atoms with Crippen LogP contribution in [0, 0.1) is 5.92 Å². The van der Waals surface area contributed by atoms with Crippen LogP contribution < -0.4 is 5.32 Å². The summed E-state index contributed by atoms with van der Waals surface area (Å²) < 4.78 is 0. The predicted molar refractivity (Wildman–Crippen MR) is 50.9 cm³/mol. The molecular weight excluding hydrogens is 206 g/mol. The van der Waals surface area contributed by atoms with Crippen molar-refractivity contribution in [1.82, 2.24) is 5.32 Å². The highest BCUT2D eigenvalue weighted by atomic mass is 79.9. The molecule has 1 unspecified atom stereocenters. The molecule has 1 amide bonds. The Bertz CT molecular complexity index is 125. The van der Waals surface area contributed by atoms with Crippen LogP contribution >= 0.6 is 15.9 Å². The first-order chi connectivity index (χ1) is 5.06. The number of halogens is 1. The van der Waals surface area contributed by atoms with Crippen LogP contribution in [0.15, 0.2) is 0 Å². The van der Waals surface area contributed by atoms with Gasteiger partial charge in [0.05, 0.1) is 0 Å². The fourth-order valence-corrected chi connectivity index (χ4v) is 0.905. The van der Waals surface area contributed by atoms with Gasteiger partial charge in [-0.15, -0.1) is 0 Å². The van der Waals surface area contributed by atoms with Crippen LogP contribution in [-0.2, 0) is 4.79 Å².